The number of nitrogens with one attached hydrogen (secondary N) is 1. The molecule has 1 heterocycles. The molecule has 0 aromatic heterocycles. The number of carbonyl (C=O) groups is 2. The second-order valence-corrected chi connectivity index (χ2v) is 9.68. The summed E-state index contributed by atoms with van der Waals surface area (Å²) in [6.07, 6.45) is 2.14. The summed E-state index contributed by atoms with van der Waals surface area (Å²) in [5.41, 5.74) is 1.06. The number of hydrogen-bond acceptors (Lipinski definition) is 5. The zero-order valence-electron chi connectivity index (χ0n) is 17.9. The van der Waals surface area contributed by atoms with Crippen molar-refractivity contribution in [3.05, 3.63) is 59.9 Å². The number of halogens is 1. The van der Waals surface area contributed by atoms with Gasteiger partial charge in [0.05, 0.1) is 4.90 Å². The summed E-state index contributed by atoms with van der Waals surface area (Å²) in [4.78, 5) is 24.5. The van der Waals surface area contributed by atoms with Gasteiger partial charge in [0.15, 0.2) is 6.10 Å². The lowest BCUT2D eigenvalue weighted by Gasteiger charge is -2.25. The number of hydrogen-bond donors (Lipinski definition) is 1. The molecule has 1 saturated heterocycles. The van der Waals surface area contributed by atoms with Gasteiger partial charge < -0.3 is 10.1 Å². The average molecular weight is 463 g/mol. The molecule has 1 aliphatic heterocycles. The molecule has 2 aromatic carbocycles. The van der Waals surface area contributed by atoms with Crippen LogP contribution in [0.2, 0.25) is 0 Å². The Morgan fingerprint density at radius 3 is 2.44 bits per heavy atom. The minimum absolute atomic E-state index is 0.0375. The monoisotopic (exact) mass is 462 g/mol. The van der Waals surface area contributed by atoms with Crippen LogP contribution in [0.4, 0.5) is 10.1 Å². The van der Waals surface area contributed by atoms with E-state index in [0.717, 1.165) is 24.8 Å². The van der Waals surface area contributed by atoms with Crippen LogP contribution in [0.15, 0.2) is 53.4 Å². The van der Waals surface area contributed by atoms with E-state index in [-0.39, 0.29) is 17.0 Å². The number of sulfonamides is 1. The molecule has 0 aliphatic carbocycles. The Labute approximate surface area is 187 Å². The molecule has 1 atom stereocenters. The Hall–Kier alpha value is -2.78. The summed E-state index contributed by atoms with van der Waals surface area (Å²) in [6.45, 7) is 2.52. The Bertz CT molecular complexity index is 1050. The van der Waals surface area contributed by atoms with Gasteiger partial charge in [-0.25, -0.2) is 12.8 Å². The summed E-state index contributed by atoms with van der Waals surface area (Å²) in [6, 6.07) is 11.9. The highest BCUT2D eigenvalue weighted by Gasteiger charge is 2.25. The predicted molar refractivity (Wildman–Crippen MR) is 118 cm³/mol. The molecule has 0 saturated carbocycles. The van der Waals surface area contributed by atoms with Crippen molar-refractivity contribution in [2.45, 2.75) is 50.0 Å². The molecule has 1 N–H and O–H groups in total. The molecule has 1 unspecified atom stereocenters. The fourth-order valence-electron chi connectivity index (χ4n) is 3.45. The number of rotatable bonds is 8. The first-order chi connectivity index (χ1) is 15.3. The van der Waals surface area contributed by atoms with E-state index in [2.05, 4.69) is 5.32 Å². The molecule has 32 heavy (non-hydrogen) atoms. The first-order valence-electron chi connectivity index (χ1n) is 10.6. The van der Waals surface area contributed by atoms with E-state index < -0.39 is 33.8 Å². The van der Waals surface area contributed by atoms with Crippen LogP contribution in [0, 0.1) is 5.82 Å². The van der Waals surface area contributed by atoms with Crippen molar-refractivity contribution in [3.63, 3.8) is 0 Å². The summed E-state index contributed by atoms with van der Waals surface area (Å²) in [5, 5.41) is 2.49. The van der Waals surface area contributed by atoms with Crippen molar-refractivity contribution in [1.82, 2.24) is 4.31 Å². The van der Waals surface area contributed by atoms with Gasteiger partial charge in [0, 0.05) is 25.2 Å². The van der Waals surface area contributed by atoms with E-state index in [1.165, 1.54) is 35.5 Å². The number of esters is 1. The quantitative estimate of drug-likeness (QED) is 0.606. The zero-order chi connectivity index (χ0) is 23.1. The Balaban J connectivity index is 1.48. The molecule has 9 heteroatoms. The number of piperidine rings is 1. The highest BCUT2D eigenvalue weighted by Crippen LogP contribution is 2.21. The molecule has 2 aromatic rings. The molecule has 0 bridgehead atoms. The van der Waals surface area contributed by atoms with Crippen molar-refractivity contribution in [2.24, 2.45) is 0 Å². The lowest BCUT2D eigenvalue weighted by molar-refractivity contribution is -0.153. The first kappa shape index (κ1) is 23.9. The van der Waals surface area contributed by atoms with Gasteiger partial charge in [0.2, 0.25) is 10.0 Å². The zero-order valence-corrected chi connectivity index (χ0v) is 18.7. The maximum Gasteiger partial charge on any atom is 0.306 e. The third kappa shape index (κ3) is 6.37. The summed E-state index contributed by atoms with van der Waals surface area (Å²) >= 11 is 0. The maximum absolute atomic E-state index is 13.2. The van der Waals surface area contributed by atoms with Gasteiger partial charge >= 0.3 is 5.97 Å². The number of carbonyl (C=O) groups excluding carboxylic acids is 2. The number of anilines is 1. The number of aryl methyl sites for hydroxylation is 1. The van der Waals surface area contributed by atoms with E-state index in [9.17, 15) is 22.4 Å². The summed E-state index contributed by atoms with van der Waals surface area (Å²) in [5.74, 6) is -1.60. The van der Waals surface area contributed by atoms with Crippen molar-refractivity contribution >= 4 is 27.6 Å². The molecule has 1 amide bonds. The Morgan fingerprint density at radius 2 is 1.78 bits per heavy atom. The topological polar surface area (TPSA) is 92.8 Å². The Kier molecular flexibility index (Phi) is 7.98. The molecular weight excluding hydrogens is 435 g/mol. The van der Waals surface area contributed by atoms with Gasteiger partial charge in [-0.3, -0.25) is 9.59 Å². The second kappa shape index (κ2) is 10.7. The van der Waals surface area contributed by atoms with Gasteiger partial charge in [-0.05, 0) is 62.1 Å². The standard InChI is InChI=1S/C23H27FN2O5S/c1-17(23(28)25-20-7-5-6-19(24)16-20)31-22(27)13-10-18-8-11-21(12-9-18)32(29,30)26-14-3-2-4-15-26/h5-9,11-12,16-17H,2-4,10,13-15H2,1H3,(H,25,28). The van der Waals surface area contributed by atoms with Gasteiger partial charge in [0.25, 0.3) is 5.91 Å². The molecule has 7 nitrogen and oxygen atoms in total. The number of ether oxygens (including phenoxy) is 1. The van der Waals surface area contributed by atoms with E-state index in [1.807, 2.05) is 0 Å². The second-order valence-electron chi connectivity index (χ2n) is 7.74. The molecule has 1 aliphatic rings. The number of amides is 1. The number of benzene rings is 2. The molecular formula is C23H27FN2O5S. The van der Waals surface area contributed by atoms with Crippen LogP contribution in [-0.4, -0.2) is 43.8 Å². The predicted octanol–water partition coefficient (Wildman–Crippen LogP) is 3.50. The van der Waals surface area contributed by atoms with Gasteiger partial charge in [-0.1, -0.05) is 24.6 Å². The summed E-state index contributed by atoms with van der Waals surface area (Å²) in [7, 11) is -3.49. The maximum atomic E-state index is 13.2. The molecule has 0 spiro atoms. The minimum atomic E-state index is -3.49. The largest absolute Gasteiger partial charge is 0.453 e. The van der Waals surface area contributed by atoms with Crippen LogP contribution >= 0.6 is 0 Å². The van der Waals surface area contributed by atoms with Gasteiger partial charge in [0.1, 0.15) is 5.82 Å². The minimum Gasteiger partial charge on any atom is -0.453 e. The van der Waals surface area contributed by atoms with E-state index in [1.54, 1.807) is 24.3 Å². The van der Waals surface area contributed by atoms with Crippen LogP contribution < -0.4 is 5.32 Å². The number of nitrogens with zero attached hydrogens (tertiary/aromatic N) is 1. The third-order valence-corrected chi connectivity index (χ3v) is 7.18. The van der Waals surface area contributed by atoms with Crippen LogP contribution in [0.3, 0.4) is 0 Å². The summed E-state index contributed by atoms with van der Waals surface area (Å²) < 4.78 is 45.2. The normalized spacial score (nSPS) is 15.7. The highest BCUT2D eigenvalue weighted by atomic mass is 32.2. The lowest BCUT2D eigenvalue weighted by Crippen LogP contribution is -2.35. The van der Waals surface area contributed by atoms with Crippen LogP contribution in [0.1, 0.15) is 38.2 Å². The van der Waals surface area contributed by atoms with E-state index in [4.69, 9.17) is 4.74 Å². The third-order valence-electron chi connectivity index (χ3n) is 5.26. The van der Waals surface area contributed by atoms with Crippen molar-refractivity contribution < 1.29 is 27.1 Å². The highest BCUT2D eigenvalue weighted by molar-refractivity contribution is 7.89. The van der Waals surface area contributed by atoms with Crippen molar-refractivity contribution in [2.75, 3.05) is 18.4 Å². The van der Waals surface area contributed by atoms with Crippen LogP contribution in [0.25, 0.3) is 0 Å². The first-order valence-corrected chi connectivity index (χ1v) is 12.0. The fraction of sp³-hybridized carbons (Fsp3) is 0.391. The molecule has 0 radical (unpaired) electrons. The van der Waals surface area contributed by atoms with Crippen LogP contribution in [0.5, 0.6) is 0 Å². The smallest absolute Gasteiger partial charge is 0.306 e. The van der Waals surface area contributed by atoms with Gasteiger partial charge in [-0.2, -0.15) is 4.31 Å². The molecule has 172 valence electrons. The SMILES string of the molecule is CC(OC(=O)CCc1ccc(S(=O)(=O)N2CCCCC2)cc1)C(=O)Nc1cccc(F)c1. The van der Waals surface area contributed by atoms with Gasteiger partial charge in [-0.15, -0.1) is 0 Å². The molecule has 3 rings (SSSR count). The molecule has 1 fully saturated rings. The Morgan fingerprint density at radius 1 is 1.09 bits per heavy atom. The van der Waals surface area contributed by atoms with E-state index >= 15 is 0 Å². The lowest BCUT2D eigenvalue weighted by atomic mass is 10.1. The van der Waals surface area contributed by atoms with Crippen molar-refractivity contribution in [3.8, 4) is 0 Å². The van der Waals surface area contributed by atoms with E-state index in [0.29, 0.717) is 19.5 Å². The van der Waals surface area contributed by atoms with Crippen LogP contribution in [-0.2, 0) is 30.8 Å². The fourth-order valence-corrected chi connectivity index (χ4v) is 4.97. The van der Waals surface area contributed by atoms with Crippen molar-refractivity contribution in [1.29, 1.82) is 0 Å². The average Bonchev–Trinajstić information content (AvgIpc) is 2.78.